The first-order valence-corrected chi connectivity index (χ1v) is 18.2. The monoisotopic (exact) mass is 685 g/mol. The fraction of sp³-hybridized carbons (Fsp3) is 0.0652. The largest absolute Gasteiger partial charge is 0.226 e. The van der Waals surface area contributed by atoms with Gasteiger partial charge >= 0.3 is 0 Å². The summed E-state index contributed by atoms with van der Waals surface area (Å²) < 4.78 is 2.24. The summed E-state index contributed by atoms with van der Waals surface area (Å²) in [5.74, 6) is 2.58. The molecule has 10 rings (SSSR count). The summed E-state index contributed by atoms with van der Waals surface area (Å²) in [5.41, 5.74) is 11.7. The highest BCUT2D eigenvalue weighted by Crippen LogP contribution is 2.49. The highest BCUT2D eigenvalue weighted by Gasteiger charge is 2.35. The third kappa shape index (κ3) is 4.94. The Balaban J connectivity index is 1.16. The summed E-state index contributed by atoms with van der Waals surface area (Å²) in [5, 5.41) is 1.13. The average molecular weight is 686 g/mol. The van der Waals surface area contributed by atoms with E-state index in [1.54, 1.807) is 11.3 Å². The smallest absolute Gasteiger partial charge is 0.164 e. The third-order valence-electron chi connectivity index (χ3n) is 10.2. The van der Waals surface area contributed by atoms with Crippen molar-refractivity contribution in [2.24, 2.45) is 0 Å². The van der Waals surface area contributed by atoms with Crippen molar-refractivity contribution in [2.75, 3.05) is 0 Å². The van der Waals surface area contributed by atoms with E-state index >= 15 is 0 Å². The first-order chi connectivity index (χ1) is 25.5. The van der Waals surface area contributed by atoms with Crippen LogP contribution in [0.1, 0.15) is 25.0 Å². The molecule has 6 heteroatoms. The van der Waals surface area contributed by atoms with Gasteiger partial charge < -0.3 is 0 Å². The molecule has 52 heavy (non-hydrogen) atoms. The average Bonchev–Trinajstić information content (AvgIpc) is 3.70. The van der Waals surface area contributed by atoms with E-state index in [0.717, 1.165) is 49.1 Å². The van der Waals surface area contributed by atoms with Crippen molar-refractivity contribution >= 4 is 31.6 Å². The molecule has 0 amide bonds. The Hall–Kier alpha value is -6.37. The fourth-order valence-corrected chi connectivity index (χ4v) is 8.67. The summed E-state index contributed by atoms with van der Waals surface area (Å²) in [6, 6.07) is 52.5. The Morgan fingerprint density at radius 3 is 1.73 bits per heavy atom. The van der Waals surface area contributed by atoms with E-state index in [9.17, 15) is 0 Å². The predicted molar refractivity (Wildman–Crippen MR) is 213 cm³/mol. The van der Waals surface area contributed by atoms with Crippen molar-refractivity contribution in [3.05, 3.63) is 163 Å². The normalized spacial score (nSPS) is 13.0. The lowest BCUT2D eigenvalue weighted by molar-refractivity contribution is 0.660. The summed E-state index contributed by atoms with van der Waals surface area (Å²) in [7, 11) is 0. The molecule has 3 aromatic heterocycles. The number of hydrogen-bond donors (Lipinski definition) is 0. The van der Waals surface area contributed by atoms with Crippen molar-refractivity contribution < 1.29 is 0 Å². The van der Waals surface area contributed by atoms with Crippen molar-refractivity contribution in [1.82, 2.24) is 24.9 Å². The first kappa shape index (κ1) is 30.5. The van der Waals surface area contributed by atoms with E-state index in [0.29, 0.717) is 23.3 Å². The molecular formula is C46H31N5S. The predicted octanol–water partition coefficient (Wildman–Crippen LogP) is 11.7. The second kappa shape index (κ2) is 11.9. The van der Waals surface area contributed by atoms with Gasteiger partial charge in [-0.05, 0) is 40.5 Å². The zero-order chi connectivity index (χ0) is 34.8. The van der Waals surface area contributed by atoms with E-state index in [4.69, 9.17) is 24.9 Å². The SMILES string of the molecule is CC1(C)c2ccccc2-c2cc(-c3nc(-c4cccc(-c5nc(-c6ccccc6)nc(-c6ccccc6)n5)c4)c4sc5ccccc5c4n3)ccc21. The zero-order valence-electron chi connectivity index (χ0n) is 28.6. The molecule has 0 bridgehead atoms. The number of fused-ring (bicyclic) bond motifs is 6. The van der Waals surface area contributed by atoms with Crippen LogP contribution in [0.4, 0.5) is 0 Å². The topological polar surface area (TPSA) is 64.5 Å². The molecule has 0 N–H and O–H groups in total. The number of aromatic nitrogens is 5. The van der Waals surface area contributed by atoms with Gasteiger partial charge in [0.25, 0.3) is 0 Å². The van der Waals surface area contributed by atoms with E-state index in [1.165, 1.54) is 27.0 Å². The van der Waals surface area contributed by atoms with Crippen molar-refractivity contribution in [3.63, 3.8) is 0 Å². The van der Waals surface area contributed by atoms with Crippen molar-refractivity contribution in [2.45, 2.75) is 19.3 Å². The minimum atomic E-state index is -0.0692. The number of benzene rings is 6. The highest BCUT2D eigenvalue weighted by atomic mass is 32.1. The van der Waals surface area contributed by atoms with Gasteiger partial charge in [-0.1, -0.05) is 147 Å². The second-order valence-corrected chi connectivity index (χ2v) is 14.8. The Kier molecular flexibility index (Phi) is 6.95. The summed E-state index contributed by atoms with van der Waals surface area (Å²) in [4.78, 5) is 25.6. The molecule has 0 saturated heterocycles. The number of nitrogens with zero attached hydrogens (tertiary/aromatic N) is 5. The van der Waals surface area contributed by atoms with Gasteiger partial charge in [-0.3, -0.25) is 0 Å². The van der Waals surface area contributed by atoms with Crippen molar-refractivity contribution in [3.8, 4) is 67.9 Å². The van der Waals surface area contributed by atoms with Crippen LogP contribution >= 0.6 is 11.3 Å². The van der Waals surface area contributed by atoms with Crippen LogP contribution in [0.15, 0.2) is 152 Å². The fourth-order valence-electron chi connectivity index (χ4n) is 7.52. The molecule has 6 aromatic carbocycles. The third-order valence-corrected chi connectivity index (χ3v) is 11.3. The lowest BCUT2D eigenvalue weighted by atomic mass is 9.82. The first-order valence-electron chi connectivity index (χ1n) is 17.4. The molecule has 1 aliphatic carbocycles. The minimum Gasteiger partial charge on any atom is -0.226 e. The van der Waals surface area contributed by atoms with Crippen LogP contribution in [-0.4, -0.2) is 24.9 Å². The van der Waals surface area contributed by atoms with Crippen LogP contribution in [0.2, 0.25) is 0 Å². The van der Waals surface area contributed by atoms with Crippen LogP contribution in [0.5, 0.6) is 0 Å². The molecule has 246 valence electrons. The number of hydrogen-bond acceptors (Lipinski definition) is 6. The molecule has 0 spiro atoms. The van der Waals surface area contributed by atoms with E-state index in [-0.39, 0.29) is 5.41 Å². The van der Waals surface area contributed by atoms with Crippen LogP contribution < -0.4 is 0 Å². The maximum absolute atomic E-state index is 5.37. The standard InChI is InChI=1S/C46H31N5S/c1-46(2)36-22-11-9-20-33(36)35-27-32(24-25-37(35)46)44-47-39(41-40(48-44)34-21-10-12-23-38(34)52-41)30-18-13-19-31(26-30)45-50-42(28-14-5-3-6-15-28)49-43(51-45)29-16-7-4-8-17-29/h3-27H,1-2H3. The zero-order valence-corrected chi connectivity index (χ0v) is 29.4. The van der Waals surface area contributed by atoms with Crippen LogP contribution in [0.3, 0.4) is 0 Å². The number of thiophene rings is 1. The maximum Gasteiger partial charge on any atom is 0.164 e. The Morgan fingerprint density at radius 2 is 0.981 bits per heavy atom. The molecule has 0 aliphatic heterocycles. The van der Waals surface area contributed by atoms with Crippen molar-refractivity contribution in [1.29, 1.82) is 0 Å². The van der Waals surface area contributed by atoms with E-state index < -0.39 is 0 Å². The molecule has 0 unspecified atom stereocenters. The number of rotatable bonds is 5. The van der Waals surface area contributed by atoms with Gasteiger partial charge in [-0.15, -0.1) is 11.3 Å². The molecule has 0 fully saturated rings. The van der Waals surface area contributed by atoms with Gasteiger partial charge in [-0.25, -0.2) is 24.9 Å². The summed E-state index contributed by atoms with van der Waals surface area (Å²) in [6.45, 7) is 4.61. The van der Waals surface area contributed by atoms with E-state index in [1.807, 2.05) is 60.7 Å². The molecule has 1 aliphatic rings. The molecular weight excluding hydrogens is 655 g/mol. The lowest BCUT2D eigenvalue weighted by Gasteiger charge is -2.21. The van der Waals surface area contributed by atoms with Gasteiger partial charge in [0.05, 0.1) is 15.9 Å². The Bertz CT molecular complexity index is 2770. The van der Waals surface area contributed by atoms with Gasteiger partial charge in [0.1, 0.15) is 0 Å². The van der Waals surface area contributed by atoms with Gasteiger partial charge in [0.15, 0.2) is 23.3 Å². The van der Waals surface area contributed by atoms with Crippen LogP contribution in [-0.2, 0) is 5.41 Å². The molecule has 0 radical (unpaired) electrons. The molecule has 0 atom stereocenters. The van der Waals surface area contributed by atoms with Crippen LogP contribution in [0.25, 0.3) is 88.2 Å². The van der Waals surface area contributed by atoms with Gasteiger partial charge in [0, 0.05) is 43.3 Å². The minimum absolute atomic E-state index is 0.0692. The Morgan fingerprint density at radius 1 is 0.423 bits per heavy atom. The highest BCUT2D eigenvalue weighted by molar-refractivity contribution is 7.26. The molecule has 3 heterocycles. The molecule has 5 nitrogen and oxygen atoms in total. The van der Waals surface area contributed by atoms with Gasteiger partial charge in [0.2, 0.25) is 0 Å². The summed E-state index contributed by atoms with van der Waals surface area (Å²) in [6.07, 6.45) is 0. The molecule has 0 saturated carbocycles. The van der Waals surface area contributed by atoms with Gasteiger partial charge in [-0.2, -0.15) is 0 Å². The maximum atomic E-state index is 5.37. The van der Waals surface area contributed by atoms with E-state index in [2.05, 4.69) is 105 Å². The summed E-state index contributed by atoms with van der Waals surface area (Å²) >= 11 is 1.73. The van der Waals surface area contributed by atoms with Crippen LogP contribution in [0, 0.1) is 0 Å². The lowest BCUT2D eigenvalue weighted by Crippen LogP contribution is -2.14. The molecule has 9 aromatic rings. The quantitative estimate of drug-likeness (QED) is 0.180. The Labute approximate surface area is 305 Å². The second-order valence-electron chi connectivity index (χ2n) is 13.7.